The van der Waals surface area contributed by atoms with Gasteiger partial charge in [-0.1, -0.05) is 12.5 Å². The number of rotatable bonds is 4. The fourth-order valence-corrected chi connectivity index (χ4v) is 2.68. The van der Waals surface area contributed by atoms with Crippen LogP contribution in [0.15, 0.2) is 22.7 Å². The molecule has 1 atom stereocenters. The average Bonchev–Trinajstić information content (AvgIpc) is 2.38. The van der Waals surface area contributed by atoms with Gasteiger partial charge in [-0.25, -0.2) is 8.78 Å². The summed E-state index contributed by atoms with van der Waals surface area (Å²) >= 11 is 3.32. The van der Waals surface area contributed by atoms with Crippen LogP contribution in [0.4, 0.5) is 14.5 Å². The second kappa shape index (κ2) is 6.48. The first-order chi connectivity index (χ1) is 8.66. The molecule has 1 aromatic rings. The molecule has 1 unspecified atom stereocenters. The van der Waals surface area contributed by atoms with Gasteiger partial charge in [-0.15, -0.1) is 0 Å². The maximum absolute atomic E-state index is 12.5. The van der Waals surface area contributed by atoms with Gasteiger partial charge in [0.2, 0.25) is 0 Å². The quantitative estimate of drug-likeness (QED) is 0.878. The van der Waals surface area contributed by atoms with E-state index in [1.807, 2.05) is 0 Å². The van der Waals surface area contributed by atoms with Gasteiger partial charge < -0.3 is 10.6 Å². The molecule has 1 aliphatic rings. The molecule has 0 radical (unpaired) electrons. The summed E-state index contributed by atoms with van der Waals surface area (Å²) in [6.45, 7) is 1.89. The van der Waals surface area contributed by atoms with Gasteiger partial charge in [0.1, 0.15) is 0 Å². The molecule has 0 aromatic heterocycles. The molecule has 1 aliphatic heterocycles. The Morgan fingerprint density at radius 2 is 2.22 bits per heavy atom. The first-order valence-corrected chi connectivity index (χ1v) is 7.01. The second-order valence-corrected chi connectivity index (χ2v) is 5.42. The van der Waals surface area contributed by atoms with Crippen molar-refractivity contribution in [1.82, 2.24) is 5.32 Å². The van der Waals surface area contributed by atoms with Crippen molar-refractivity contribution >= 4 is 21.6 Å². The molecular weight excluding hydrogens is 302 g/mol. The summed E-state index contributed by atoms with van der Waals surface area (Å²) in [7, 11) is 0. The highest BCUT2D eigenvalue weighted by atomic mass is 79.9. The minimum absolute atomic E-state index is 0.0446. The summed E-state index contributed by atoms with van der Waals surface area (Å²) in [4.78, 5) is 0. The Labute approximate surface area is 114 Å². The number of alkyl halides is 2. The fourth-order valence-electron chi connectivity index (χ4n) is 2.14. The van der Waals surface area contributed by atoms with Crippen LogP contribution in [0.5, 0.6) is 0 Å². The van der Waals surface area contributed by atoms with E-state index in [0.29, 0.717) is 10.5 Å². The first kappa shape index (κ1) is 13.7. The van der Waals surface area contributed by atoms with Gasteiger partial charge in [0.25, 0.3) is 6.43 Å². The Morgan fingerprint density at radius 3 is 2.83 bits per heavy atom. The first-order valence-electron chi connectivity index (χ1n) is 6.21. The third-order valence-electron chi connectivity index (χ3n) is 3.20. The van der Waals surface area contributed by atoms with E-state index in [0.717, 1.165) is 18.8 Å². The zero-order valence-electron chi connectivity index (χ0n) is 10.1. The molecule has 2 nitrogen and oxygen atoms in total. The highest BCUT2D eigenvalue weighted by Gasteiger charge is 2.13. The van der Waals surface area contributed by atoms with E-state index < -0.39 is 6.43 Å². The van der Waals surface area contributed by atoms with Crippen LogP contribution in [-0.4, -0.2) is 19.1 Å². The van der Waals surface area contributed by atoms with Crippen molar-refractivity contribution in [2.75, 3.05) is 18.4 Å². The molecule has 2 rings (SSSR count). The summed E-state index contributed by atoms with van der Waals surface area (Å²) < 4.78 is 25.7. The molecule has 0 bridgehead atoms. The van der Waals surface area contributed by atoms with E-state index in [2.05, 4.69) is 26.6 Å². The Morgan fingerprint density at radius 1 is 1.39 bits per heavy atom. The predicted molar refractivity (Wildman–Crippen MR) is 73.2 cm³/mol. The molecule has 100 valence electrons. The summed E-state index contributed by atoms with van der Waals surface area (Å²) in [6, 6.07) is 5.11. The van der Waals surface area contributed by atoms with Gasteiger partial charge in [0, 0.05) is 28.3 Å². The zero-order valence-corrected chi connectivity index (χ0v) is 11.6. The minimum Gasteiger partial charge on any atom is -0.383 e. The number of nitrogens with one attached hydrogen (secondary N) is 2. The molecule has 0 amide bonds. The predicted octanol–water partition coefficient (Wildman–Crippen LogP) is 3.94. The molecule has 1 saturated heterocycles. The summed E-state index contributed by atoms with van der Waals surface area (Å²) in [6.07, 6.45) is 1.24. The van der Waals surface area contributed by atoms with Crippen molar-refractivity contribution in [3.63, 3.8) is 0 Å². The number of halogens is 3. The third kappa shape index (κ3) is 3.65. The lowest BCUT2D eigenvalue weighted by Crippen LogP contribution is -2.39. The van der Waals surface area contributed by atoms with Gasteiger partial charge in [-0.05, 0) is 47.4 Å². The average molecular weight is 319 g/mol. The highest BCUT2D eigenvalue weighted by molar-refractivity contribution is 9.10. The molecule has 0 saturated carbocycles. The highest BCUT2D eigenvalue weighted by Crippen LogP contribution is 2.28. The third-order valence-corrected chi connectivity index (χ3v) is 3.85. The standard InChI is InChI=1S/C13H17BrF2N2/c14-11-7-9(13(15)16)4-5-12(11)18-8-10-3-1-2-6-17-10/h4-5,7,10,13,17-18H,1-3,6,8H2. The van der Waals surface area contributed by atoms with Crippen LogP contribution in [-0.2, 0) is 0 Å². The van der Waals surface area contributed by atoms with Crippen molar-refractivity contribution in [2.24, 2.45) is 0 Å². The van der Waals surface area contributed by atoms with Crippen molar-refractivity contribution in [2.45, 2.75) is 31.7 Å². The second-order valence-electron chi connectivity index (χ2n) is 4.57. The number of hydrogen-bond acceptors (Lipinski definition) is 2. The van der Waals surface area contributed by atoms with Crippen LogP contribution in [0, 0.1) is 0 Å². The lowest BCUT2D eigenvalue weighted by Gasteiger charge is -2.24. The summed E-state index contributed by atoms with van der Waals surface area (Å²) in [5.74, 6) is 0. The van der Waals surface area contributed by atoms with Crippen LogP contribution in [0.25, 0.3) is 0 Å². The lowest BCUT2D eigenvalue weighted by atomic mass is 10.1. The van der Waals surface area contributed by atoms with Gasteiger partial charge in [0.15, 0.2) is 0 Å². The van der Waals surface area contributed by atoms with Crippen molar-refractivity contribution in [3.8, 4) is 0 Å². The fraction of sp³-hybridized carbons (Fsp3) is 0.538. The molecule has 0 spiro atoms. The number of benzene rings is 1. The van der Waals surface area contributed by atoms with Crippen LogP contribution >= 0.6 is 15.9 Å². The smallest absolute Gasteiger partial charge is 0.263 e. The molecule has 1 heterocycles. The van der Waals surface area contributed by atoms with E-state index in [9.17, 15) is 8.78 Å². The molecule has 2 N–H and O–H groups in total. The maximum atomic E-state index is 12.5. The van der Waals surface area contributed by atoms with Crippen molar-refractivity contribution in [1.29, 1.82) is 0 Å². The number of hydrogen-bond donors (Lipinski definition) is 2. The van der Waals surface area contributed by atoms with Crippen LogP contribution < -0.4 is 10.6 Å². The number of piperidine rings is 1. The molecule has 1 fully saturated rings. The van der Waals surface area contributed by atoms with Gasteiger partial charge in [-0.3, -0.25) is 0 Å². The Kier molecular flexibility index (Phi) is 4.95. The zero-order chi connectivity index (χ0) is 13.0. The largest absolute Gasteiger partial charge is 0.383 e. The van der Waals surface area contributed by atoms with E-state index in [4.69, 9.17) is 0 Å². The van der Waals surface area contributed by atoms with Crippen LogP contribution in [0.1, 0.15) is 31.3 Å². The molecular formula is C13H17BrF2N2. The molecule has 5 heteroatoms. The van der Waals surface area contributed by atoms with E-state index >= 15 is 0 Å². The molecule has 18 heavy (non-hydrogen) atoms. The van der Waals surface area contributed by atoms with E-state index in [1.54, 1.807) is 6.07 Å². The van der Waals surface area contributed by atoms with Gasteiger partial charge in [0.05, 0.1) is 0 Å². The van der Waals surface area contributed by atoms with E-state index in [1.165, 1.54) is 31.4 Å². The van der Waals surface area contributed by atoms with Crippen molar-refractivity contribution < 1.29 is 8.78 Å². The topological polar surface area (TPSA) is 24.1 Å². The lowest BCUT2D eigenvalue weighted by molar-refractivity contribution is 0.151. The Hall–Kier alpha value is -0.680. The minimum atomic E-state index is -2.42. The SMILES string of the molecule is FC(F)c1ccc(NCC2CCCCN2)c(Br)c1. The maximum Gasteiger partial charge on any atom is 0.263 e. The van der Waals surface area contributed by atoms with Crippen molar-refractivity contribution in [3.05, 3.63) is 28.2 Å². The summed E-state index contributed by atoms with van der Waals surface area (Å²) in [5, 5.41) is 6.74. The monoisotopic (exact) mass is 318 g/mol. The van der Waals surface area contributed by atoms with Gasteiger partial charge in [-0.2, -0.15) is 0 Å². The normalized spacial score (nSPS) is 20.1. The van der Waals surface area contributed by atoms with Crippen LogP contribution in [0.3, 0.4) is 0 Å². The Bertz CT molecular complexity index is 393. The number of anilines is 1. The Balaban J connectivity index is 1.92. The van der Waals surface area contributed by atoms with Crippen LogP contribution in [0.2, 0.25) is 0 Å². The van der Waals surface area contributed by atoms with E-state index in [-0.39, 0.29) is 5.56 Å². The van der Waals surface area contributed by atoms with Gasteiger partial charge >= 0.3 is 0 Å². The summed E-state index contributed by atoms with van der Waals surface area (Å²) in [5.41, 5.74) is 0.912. The molecule has 1 aromatic carbocycles. The molecule has 0 aliphatic carbocycles.